The van der Waals surface area contributed by atoms with E-state index in [1.165, 1.54) is 0 Å². The predicted molar refractivity (Wildman–Crippen MR) is 65.4 cm³/mol. The summed E-state index contributed by atoms with van der Waals surface area (Å²) in [4.78, 5) is 5.29. The summed E-state index contributed by atoms with van der Waals surface area (Å²) in [6, 6.07) is 3.39. The van der Waals surface area contributed by atoms with Crippen LogP contribution < -0.4 is 5.32 Å². The third-order valence-corrected chi connectivity index (χ3v) is 3.44. The predicted octanol–water partition coefficient (Wildman–Crippen LogP) is 3.38. The molecule has 1 N–H and O–H groups in total. The van der Waals surface area contributed by atoms with Gasteiger partial charge in [0.25, 0.3) is 0 Å². The molecule has 0 saturated heterocycles. The van der Waals surface area contributed by atoms with Crippen LogP contribution in [0, 0.1) is 18.6 Å². The Hall–Kier alpha value is -1.49. The van der Waals surface area contributed by atoms with Gasteiger partial charge in [-0.1, -0.05) is 0 Å². The number of anilines is 1. The molecule has 1 aromatic carbocycles. The number of aryl methyl sites for hydroxylation is 1. The van der Waals surface area contributed by atoms with Gasteiger partial charge in [0.1, 0.15) is 11.6 Å². The largest absolute Gasteiger partial charge is 0.382 e. The number of benzene rings is 1. The van der Waals surface area contributed by atoms with Crippen molar-refractivity contribution in [3.8, 4) is 0 Å². The summed E-state index contributed by atoms with van der Waals surface area (Å²) in [5.74, 6) is -0.879. The molecule has 0 unspecified atom stereocenters. The van der Waals surface area contributed by atoms with Crippen LogP contribution in [0.15, 0.2) is 23.7 Å². The molecule has 90 valence electrons. The number of hydrogen-bond acceptors (Lipinski definition) is 3. The maximum atomic E-state index is 13.3. The summed E-state index contributed by atoms with van der Waals surface area (Å²) < 4.78 is 26.2. The average molecular weight is 254 g/mol. The highest BCUT2D eigenvalue weighted by Gasteiger charge is 2.04. The minimum absolute atomic E-state index is 0.201. The number of rotatable bonds is 4. The highest BCUT2D eigenvalue weighted by Crippen LogP contribution is 2.16. The summed E-state index contributed by atoms with van der Waals surface area (Å²) in [5.41, 5.74) is 2.98. The summed E-state index contributed by atoms with van der Waals surface area (Å²) >= 11 is 1.57. The number of thiazole rings is 1. The molecule has 0 radical (unpaired) electrons. The lowest BCUT2D eigenvalue weighted by molar-refractivity contribution is 0.602. The van der Waals surface area contributed by atoms with Crippen molar-refractivity contribution in [2.75, 3.05) is 11.9 Å². The van der Waals surface area contributed by atoms with E-state index in [2.05, 4.69) is 10.3 Å². The lowest BCUT2D eigenvalue weighted by Crippen LogP contribution is -2.06. The molecule has 2 rings (SSSR count). The summed E-state index contributed by atoms with van der Waals surface area (Å²) in [6.45, 7) is 2.50. The third-order valence-electron chi connectivity index (χ3n) is 2.44. The Bertz CT molecular complexity index is 511. The van der Waals surface area contributed by atoms with Crippen LogP contribution in [0.1, 0.15) is 10.6 Å². The van der Waals surface area contributed by atoms with Gasteiger partial charge >= 0.3 is 0 Å². The standard InChI is InChI=1S/C12H12F2N2S/c1-8-12(17-7-16-8)4-5-15-11-6-9(13)2-3-10(11)14/h2-3,6-7,15H,4-5H2,1H3. The molecule has 0 aliphatic carbocycles. The third kappa shape index (κ3) is 3.00. The highest BCUT2D eigenvalue weighted by molar-refractivity contribution is 7.09. The van der Waals surface area contributed by atoms with Gasteiger partial charge in [0, 0.05) is 17.8 Å². The van der Waals surface area contributed by atoms with Crippen LogP contribution in [-0.2, 0) is 6.42 Å². The maximum absolute atomic E-state index is 13.3. The van der Waals surface area contributed by atoms with E-state index in [9.17, 15) is 8.78 Å². The van der Waals surface area contributed by atoms with Gasteiger partial charge in [-0.3, -0.25) is 0 Å². The van der Waals surface area contributed by atoms with Gasteiger partial charge in [-0.2, -0.15) is 0 Å². The van der Waals surface area contributed by atoms with Gasteiger partial charge < -0.3 is 5.32 Å². The van der Waals surface area contributed by atoms with Crippen LogP contribution in [-0.4, -0.2) is 11.5 Å². The zero-order valence-corrected chi connectivity index (χ0v) is 10.2. The first-order chi connectivity index (χ1) is 8.16. The Balaban J connectivity index is 1.94. The number of hydrogen-bond donors (Lipinski definition) is 1. The van der Waals surface area contributed by atoms with Crippen LogP contribution >= 0.6 is 11.3 Å². The minimum Gasteiger partial charge on any atom is -0.382 e. The first-order valence-corrected chi connectivity index (χ1v) is 6.12. The SMILES string of the molecule is Cc1ncsc1CCNc1cc(F)ccc1F. The van der Waals surface area contributed by atoms with Crippen LogP contribution in [0.25, 0.3) is 0 Å². The Labute approximate surface area is 102 Å². The van der Waals surface area contributed by atoms with Crippen molar-refractivity contribution in [3.63, 3.8) is 0 Å². The second-order valence-corrected chi connectivity index (χ2v) is 4.60. The summed E-state index contributed by atoms with van der Waals surface area (Å²) in [7, 11) is 0. The van der Waals surface area contributed by atoms with Crippen molar-refractivity contribution < 1.29 is 8.78 Å². The normalized spacial score (nSPS) is 10.5. The van der Waals surface area contributed by atoms with Crippen LogP contribution in [0.3, 0.4) is 0 Å². The van der Waals surface area contributed by atoms with E-state index in [1.807, 2.05) is 6.92 Å². The Morgan fingerprint density at radius 2 is 2.18 bits per heavy atom. The highest BCUT2D eigenvalue weighted by atomic mass is 32.1. The first kappa shape index (κ1) is 12.0. The van der Waals surface area contributed by atoms with E-state index in [4.69, 9.17) is 0 Å². The Morgan fingerprint density at radius 1 is 1.35 bits per heavy atom. The second-order valence-electron chi connectivity index (χ2n) is 3.66. The molecule has 0 spiro atoms. The zero-order valence-electron chi connectivity index (χ0n) is 9.34. The molecule has 0 aliphatic rings. The van der Waals surface area contributed by atoms with Gasteiger partial charge in [0.05, 0.1) is 16.9 Å². The van der Waals surface area contributed by atoms with Gasteiger partial charge in [-0.15, -0.1) is 11.3 Å². The molecule has 0 aliphatic heterocycles. The molecule has 0 amide bonds. The minimum atomic E-state index is -0.442. The number of aromatic nitrogens is 1. The molecule has 1 heterocycles. The van der Waals surface area contributed by atoms with E-state index in [0.717, 1.165) is 35.2 Å². The lowest BCUT2D eigenvalue weighted by Gasteiger charge is -2.06. The van der Waals surface area contributed by atoms with Crippen molar-refractivity contribution in [2.45, 2.75) is 13.3 Å². The topological polar surface area (TPSA) is 24.9 Å². The van der Waals surface area contributed by atoms with Crippen LogP contribution in [0.2, 0.25) is 0 Å². The maximum Gasteiger partial charge on any atom is 0.146 e. The van der Waals surface area contributed by atoms with E-state index < -0.39 is 11.6 Å². The molecule has 0 atom stereocenters. The monoisotopic (exact) mass is 254 g/mol. The fraction of sp³-hybridized carbons (Fsp3) is 0.250. The van der Waals surface area contributed by atoms with Crippen LogP contribution in [0.5, 0.6) is 0 Å². The molecule has 0 fully saturated rings. The first-order valence-electron chi connectivity index (χ1n) is 5.24. The van der Waals surface area contributed by atoms with Crippen molar-refractivity contribution in [2.24, 2.45) is 0 Å². The van der Waals surface area contributed by atoms with Crippen molar-refractivity contribution in [1.82, 2.24) is 4.98 Å². The fourth-order valence-electron chi connectivity index (χ4n) is 1.51. The number of halogens is 2. The smallest absolute Gasteiger partial charge is 0.146 e. The molecule has 5 heteroatoms. The van der Waals surface area contributed by atoms with E-state index in [-0.39, 0.29) is 5.69 Å². The van der Waals surface area contributed by atoms with Gasteiger partial charge in [-0.05, 0) is 25.1 Å². The van der Waals surface area contributed by atoms with Crippen molar-refractivity contribution in [3.05, 3.63) is 45.9 Å². The quantitative estimate of drug-likeness (QED) is 0.904. The van der Waals surface area contributed by atoms with E-state index in [0.29, 0.717) is 6.54 Å². The molecule has 0 bridgehead atoms. The van der Waals surface area contributed by atoms with Gasteiger partial charge in [0.15, 0.2) is 0 Å². The Morgan fingerprint density at radius 3 is 2.88 bits per heavy atom. The fourth-order valence-corrected chi connectivity index (χ4v) is 2.29. The number of nitrogens with zero attached hydrogens (tertiary/aromatic N) is 1. The summed E-state index contributed by atoms with van der Waals surface area (Å²) in [6.07, 6.45) is 0.756. The van der Waals surface area contributed by atoms with E-state index in [1.54, 1.807) is 16.8 Å². The second kappa shape index (κ2) is 5.23. The zero-order chi connectivity index (χ0) is 12.3. The molecule has 2 nitrogen and oxygen atoms in total. The van der Waals surface area contributed by atoms with Crippen molar-refractivity contribution in [1.29, 1.82) is 0 Å². The van der Waals surface area contributed by atoms with E-state index >= 15 is 0 Å². The lowest BCUT2D eigenvalue weighted by atomic mass is 10.2. The van der Waals surface area contributed by atoms with Gasteiger partial charge in [-0.25, -0.2) is 13.8 Å². The molecule has 0 saturated carbocycles. The molecule has 1 aromatic heterocycles. The average Bonchev–Trinajstić information content (AvgIpc) is 2.70. The van der Waals surface area contributed by atoms with Crippen LogP contribution in [0.4, 0.5) is 14.5 Å². The molecule has 17 heavy (non-hydrogen) atoms. The Kier molecular flexibility index (Phi) is 3.68. The molecular formula is C12H12F2N2S. The van der Waals surface area contributed by atoms with Crippen molar-refractivity contribution >= 4 is 17.0 Å². The molecular weight excluding hydrogens is 242 g/mol. The van der Waals surface area contributed by atoms with Gasteiger partial charge in [0.2, 0.25) is 0 Å². The summed E-state index contributed by atoms with van der Waals surface area (Å²) in [5, 5.41) is 2.88. The molecule has 2 aromatic rings. The number of nitrogens with one attached hydrogen (secondary N) is 1.